The molecule has 0 aliphatic carbocycles. The number of hydrogen-bond acceptors (Lipinski definition) is 5. The molecule has 5 N–H and O–H groups in total. The van der Waals surface area contributed by atoms with Gasteiger partial charge < -0.3 is 26.0 Å². The molecule has 0 saturated carbocycles. The average molecular weight is 403 g/mol. The van der Waals surface area contributed by atoms with E-state index in [4.69, 9.17) is 0 Å². The van der Waals surface area contributed by atoms with Crippen molar-refractivity contribution in [1.82, 2.24) is 10.6 Å². The van der Waals surface area contributed by atoms with E-state index in [1.165, 1.54) is 26.2 Å². The fourth-order valence-electron chi connectivity index (χ4n) is 2.92. The Morgan fingerprint density at radius 2 is 1.39 bits per heavy atom. The number of aliphatic hydroxyl groups is 2. The summed E-state index contributed by atoms with van der Waals surface area (Å²) < 4.78 is 0. The highest BCUT2D eigenvalue weighted by Gasteiger charge is 2.32. The van der Waals surface area contributed by atoms with E-state index in [1.807, 2.05) is 0 Å². The number of carbonyl (C=O) groups is 3. The number of hydrogen-bond donors (Lipinski definition) is 5. The van der Waals surface area contributed by atoms with Crippen LogP contribution >= 0.6 is 0 Å². The van der Waals surface area contributed by atoms with Gasteiger partial charge in [0.05, 0.1) is 12.2 Å². The highest BCUT2D eigenvalue weighted by molar-refractivity contribution is 5.91. The number of aliphatic hydroxyl groups excluding tert-OH is 2. The fourth-order valence-corrected chi connectivity index (χ4v) is 2.92. The molecule has 4 unspecified atom stereocenters. The zero-order valence-electron chi connectivity index (χ0n) is 17.4. The molecule has 0 saturated heterocycles. The molecule has 164 valence electrons. The van der Waals surface area contributed by atoms with Crippen LogP contribution in [0.15, 0.2) is 0 Å². The molecule has 0 aromatic rings. The quantitative estimate of drug-likeness (QED) is 0.249. The zero-order valence-corrected chi connectivity index (χ0v) is 17.4. The van der Waals surface area contributed by atoms with E-state index in [9.17, 15) is 29.7 Å². The van der Waals surface area contributed by atoms with Crippen molar-refractivity contribution in [3.05, 3.63) is 0 Å². The molecule has 28 heavy (non-hydrogen) atoms. The van der Waals surface area contributed by atoms with Crippen LogP contribution in [0.2, 0.25) is 0 Å². The SMILES string of the molecule is CCCCCCCCCC(=O)NC(C(=O)NC(C(=O)O)C(O)CCC)C(C)O. The molecule has 0 aliphatic rings. The van der Waals surface area contributed by atoms with Gasteiger partial charge >= 0.3 is 5.97 Å². The number of carboxylic acids is 1. The normalized spacial score (nSPS) is 15.3. The third-order valence-electron chi connectivity index (χ3n) is 4.62. The van der Waals surface area contributed by atoms with Gasteiger partial charge in [0, 0.05) is 6.42 Å². The highest BCUT2D eigenvalue weighted by atomic mass is 16.4. The van der Waals surface area contributed by atoms with E-state index in [0.29, 0.717) is 12.8 Å². The number of carboxylic acid groups (broad SMARTS) is 1. The van der Waals surface area contributed by atoms with Gasteiger partial charge in [-0.2, -0.15) is 0 Å². The van der Waals surface area contributed by atoms with Gasteiger partial charge in [0.15, 0.2) is 6.04 Å². The first-order chi connectivity index (χ1) is 13.2. The molecule has 8 heteroatoms. The maximum Gasteiger partial charge on any atom is 0.328 e. The summed E-state index contributed by atoms with van der Waals surface area (Å²) in [5.41, 5.74) is 0. The smallest absolute Gasteiger partial charge is 0.328 e. The maximum absolute atomic E-state index is 12.4. The van der Waals surface area contributed by atoms with E-state index >= 15 is 0 Å². The second-order valence-corrected chi connectivity index (χ2v) is 7.34. The highest BCUT2D eigenvalue weighted by Crippen LogP contribution is 2.09. The Kier molecular flexibility index (Phi) is 14.4. The van der Waals surface area contributed by atoms with E-state index in [1.54, 1.807) is 6.92 Å². The predicted octanol–water partition coefficient (Wildman–Crippen LogP) is 1.72. The molecule has 0 heterocycles. The molecule has 4 atom stereocenters. The zero-order chi connectivity index (χ0) is 21.5. The first-order valence-electron chi connectivity index (χ1n) is 10.4. The standard InChI is InChI=1S/C20H38N2O6/c1-4-6-7-8-9-10-11-13-16(25)21-17(14(3)23)19(26)22-18(20(27)28)15(24)12-5-2/h14-15,17-18,23-24H,4-13H2,1-3H3,(H,21,25)(H,22,26)(H,27,28). The van der Waals surface area contributed by atoms with E-state index in [-0.39, 0.29) is 18.7 Å². The molecule has 0 spiro atoms. The van der Waals surface area contributed by atoms with Gasteiger partial charge in [-0.3, -0.25) is 9.59 Å². The second-order valence-electron chi connectivity index (χ2n) is 7.34. The third-order valence-corrected chi connectivity index (χ3v) is 4.62. The van der Waals surface area contributed by atoms with Crippen molar-refractivity contribution in [3.63, 3.8) is 0 Å². The summed E-state index contributed by atoms with van der Waals surface area (Å²) in [5.74, 6) is -2.56. The van der Waals surface area contributed by atoms with Crippen LogP contribution in [0.5, 0.6) is 0 Å². The lowest BCUT2D eigenvalue weighted by Gasteiger charge is -2.25. The molecule has 2 amide bonds. The van der Waals surface area contributed by atoms with Crippen molar-refractivity contribution in [1.29, 1.82) is 0 Å². The lowest BCUT2D eigenvalue weighted by molar-refractivity contribution is -0.146. The van der Waals surface area contributed by atoms with Crippen molar-refractivity contribution >= 4 is 17.8 Å². The van der Waals surface area contributed by atoms with E-state index in [0.717, 1.165) is 19.3 Å². The number of amides is 2. The number of nitrogens with one attached hydrogen (secondary N) is 2. The maximum atomic E-state index is 12.4. The Labute approximate surface area is 168 Å². The summed E-state index contributed by atoms with van der Waals surface area (Å²) in [6, 6.07) is -2.76. The lowest BCUT2D eigenvalue weighted by atomic mass is 10.0. The number of carbonyl (C=O) groups excluding carboxylic acids is 2. The van der Waals surface area contributed by atoms with Gasteiger partial charge in [0.25, 0.3) is 0 Å². The van der Waals surface area contributed by atoms with Crippen LogP contribution in [0.1, 0.15) is 85.0 Å². The summed E-state index contributed by atoms with van der Waals surface area (Å²) in [7, 11) is 0. The van der Waals surface area contributed by atoms with Crippen molar-refractivity contribution in [2.24, 2.45) is 0 Å². The van der Waals surface area contributed by atoms with Gasteiger partial charge in [-0.25, -0.2) is 4.79 Å². The number of rotatable bonds is 16. The van der Waals surface area contributed by atoms with Gasteiger partial charge in [-0.15, -0.1) is 0 Å². The van der Waals surface area contributed by atoms with Crippen LogP contribution in [0.25, 0.3) is 0 Å². The number of unbranched alkanes of at least 4 members (excludes halogenated alkanes) is 6. The summed E-state index contributed by atoms with van der Waals surface area (Å²) in [5, 5.41) is 33.6. The third kappa shape index (κ3) is 11.2. The van der Waals surface area contributed by atoms with E-state index < -0.39 is 36.2 Å². The van der Waals surface area contributed by atoms with Crippen molar-refractivity contribution in [2.75, 3.05) is 0 Å². The lowest BCUT2D eigenvalue weighted by Crippen LogP contribution is -2.58. The minimum atomic E-state index is -1.49. The van der Waals surface area contributed by atoms with Crippen molar-refractivity contribution in [2.45, 2.75) is 109 Å². The van der Waals surface area contributed by atoms with Crippen LogP contribution in [0.3, 0.4) is 0 Å². The van der Waals surface area contributed by atoms with Crippen molar-refractivity contribution < 1.29 is 29.7 Å². The second kappa shape index (κ2) is 15.3. The molecule has 0 bridgehead atoms. The largest absolute Gasteiger partial charge is 0.480 e. The van der Waals surface area contributed by atoms with Crippen LogP contribution in [-0.2, 0) is 14.4 Å². The van der Waals surface area contributed by atoms with Gasteiger partial charge in [-0.05, 0) is 19.8 Å². The first kappa shape index (κ1) is 26.3. The van der Waals surface area contributed by atoms with Gasteiger partial charge in [0.1, 0.15) is 6.04 Å². The molecule has 0 aromatic heterocycles. The summed E-state index contributed by atoms with van der Waals surface area (Å²) in [4.78, 5) is 35.8. The minimum Gasteiger partial charge on any atom is -0.480 e. The Morgan fingerprint density at radius 1 is 0.821 bits per heavy atom. The Balaban J connectivity index is 4.53. The molecule has 8 nitrogen and oxygen atoms in total. The topological polar surface area (TPSA) is 136 Å². The van der Waals surface area contributed by atoms with Gasteiger partial charge in [0.2, 0.25) is 11.8 Å². The Hall–Kier alpha value is -1.67. The molecular formula is C20H38N2O6. The molecule has 0 aromatic carbocycles. The van der Waals surface area contributed by atoms with Crippen LogP contribution in [-0.4, -0.2) is 57.4 Å². The summed E-state index contributed by atoms with van der Waals surface area (Å²) in [6.45, 7) is 5.28. The molecule has 0 rings (SSSR count). The van der Waals surface area contributed by atoms with E-state index in [2.05, 4.69) is 17.6 Å². The molecule has 0 radical (unpaired) electrons. The first-order valence-corrected chi connectivity index (χ1v) is 10.4. The molecule has 0 fully saturated rings. The average Bonchev–Trinajstić information content (AvgIpc) is 2.62. The summed E-state index contributed by atoms with van der Waals surface area (Å²) >= 11 is 0. The van der Waals surface area contributed by atoms with Crippen molar-refractivity contribution in [3.8, 4) is 0 Å². The molecular weight excluding hydrogens is 364 g/mol. The number of aliphatic carboxylic acids is 1. The molecule has 0 aliphatic heterocycles. The fraction of sp³-hybridized carbons (Fsp3) is 0.850. The Morgan fingerprint density at radius 3 is 1.89 bits per heavy atom. The Bertz CT molecular complexity index is 470. The van der Waals surface area contributed by atoms with Crippen LogP contribution in [0, 0.1) is 0 Å². The van der Waals surface area contributed by atoms with Crippen LogP contribution in [0.4, 0.5) is 0 Å². The van der Waals surface area contributed by atoms with Crippen LogP contribution < -0.4 is 10.6 Å². The van der Waals surface area contributed by atoms with Gasteiger partial charge in [-0.1, -0.05) is 58.8 Å². The monoisotopic (exact) mass is 402 g/mol. The predicted molar refractivity (Wildman–Crippen MR) is 107 cm³/mol. The summed E-state index contributed by atoms with van der Waals surface area (Å²) in [6.07, 6.45) is 5.98. The minimum absolute atomic E-state index is 0.210.